The Balaban J connectivity index is 2.18. The number of fused-ring (bicyclic) bond motifs is 2. The monoisotopic (exact) mass is 270 g/mol. The average molecular weight is 270 g/mol. The Bertz CT molecular complexity index is 796. The average Bonchev–Trinajstić information content (AvgIpc) is 2.42. The molecular weight excluding hydrogens is 260 g/mol. The van der Waals surface area contributed by atoms with Crippen molar-refractivity contribution >= 4 is 27.6 Å². The Kier molecular flexibility index (Phi) is 2.85. The fourth-order valence-corrected chi connectivity index (χ4v) is 2.75. The molecule has 0 atom stereocenters. The molecule has 0 saturated heterocycles. The van der Waals surface area contributed by atoms with Crippen LogP contribution in [0.4, 0.5) is 4.79 Å². The molecule has 5 nitrogen and oxygen atoms in total. The van der Waals surface area contributed by atoms with Crippen LogP contribution >= 0.6 is 11.3 Å². The van der Waals surface area contributed by atoms with Crippen molar-refractivity contribution in [3.8, 4) is 10.6 Å². The van der Waals surface area contributed by atoms with E-state index in [0.717, 1.165) is 20.8 Å². The van der Waals surface area contributed by atoms with Crippen molar-refractivity contribution in [1.82, 2.24) is 10.4 Å². The summed E-state index contributed by atoms with van der Waals surface area (Å²) in [6.45, 7) is 0. The maximum Gasteiger partial charge on any atom is 0.332 e. The maximum atomic E-state index is 10.6. The summed E-state index contributed by atoms with van der Waals surface area (Å²) in [5, 5.41) is 4.53. The van der Waals surface area contributed by atoms with Gasteiger partial charge in [0.15, 0.2) is 0 Å². The first-order valence-corrected chi connectivity index (χ1v) is 6.43. The summed E-state index contributed by atoms with van der Waals surface area (Å²) in [5.41, 5.74) is 9.06. The van der Waals surface area contributed by atoms with Gasteiger partial charge < -0.3 is 5.73 Å². The molecule has 2 amide bonds. The number of carbonyl (C=O) groups excluding carboxylic acids is 1. The first-order chi connectivity index (χ1) is 9.22. The van der Waals surface area contributed by atoms with E-state index in [2.05, 4.69) is 15.5 Å². The minimum Gasteiger partial charge on any atom is -0.350 e. The van der Waals surface area contributed by atoms with E-state index in [1.807, 2.05) is 36.4 Å². The number of hydrogen-bond acceptors (Lipinski definition) is 4. The lowest BCUT2D eigenvalue weighted by Gasteiger charge is -2.05. The zero-order valence-electron chi connectivity index (χ0n) is 9.83. The number of rotatable bonds is 1. The summed E-state index contributed by atoms with van der Waals surface area (Å²) in [6, 6.07) is 12.8. The second kappa shape index (κ2) is 4.66. The summed E-state index contributed by atoms with van der Waals surface area (Å²) < 4.78 is 1.11. The number of primary amides is 1. The molecule has 0 spiro atoms. The number of nitrogens with zero attached hydrogens (tertiary/aromatic N) is 2. The number of amides is 2. The van der Waals surface area contributed by atoms with Gasteiger partial charge in [0.25, 0.3) is 0 Å². The van der Waals surface area contributed by atoms with Gasteiger partial charge in [0.2, 0.25) is 0 Å². The van der Waals surface area contributed by atoms with Crippen LogP contribution in [0.15, 0.2) is 47.6 Å². The van der Waals surface area contributed by atoms with E-state index in [1.54, 1.807) is 17.4 Å². The predicted molar refractivity (Wildman–Crippen MR) is 74.5 cm³/mol. The second-order valence-electron chi connectivity index (χ2n) is 3.92. The molecule has 0 unspecified atom stereocenters. The topological polar surface area (TPSA) is 80.4 Å². The number of para-hydroxylation sites is 1. The normalized spacial score (nSPS) is 11.9. The number of aromatic nitrogens is 1. The highest BCUT2D eigenvalue weighted by molar-refractivity contribution is 7.21. The van der Waals surface area contributed by atoms with Crippen LogP contribution in [0.2, 0.25) is 0 Å². The number of nitrogens with one attached hydrogen (secondary N) is 1. The van der Waals surface area contributed by atoms with Crippen LogP contribution in [-0.4, -0.2) is 11.0 Å². The summed E-state index contributed by atoms with van der Waals surface area (Å²) in [5.74, 6) is 0. The maximum absolute atomic E-state index is 10.6. The quantitative estimate of drug-likeness (QED) is 0.523. The van der Waals surface area contributed by atoms with Crippen LogP contribution in [0.3, 0.4) is 0 Å². The Hall–Kier alpha value is -2.47. The first-order valence-electron chi connectivity index (χ1n) is 5.61. The van der Waals surface area contributed by atoms with Crippen molar-refractivity contribution < 1.29 is 4.79 Å². The van der Waals surface area contributed by atoms with Gasteiger partial charge in [-0.3, -0.25) is 0 Å². The van der Waals surface area contributed by atoms with Crippen LogP contribution in [-0.2, 0) is 0 Å². The Labute approximate surface area is 112 Å². The van der Waals surface area contributed by atoms with Crippen LogP contribution in [0.5, 0.6) is 0 Å². The molecule has 1 aliphatic carbocycles. The third kappa shape index (κ3) is 2.38. The van der Waals surface area contributed by atoms with Gasteiger partial charge in [0, 0.05) is 0 Å². The largest absolute Gasteiger partial charge is 0.350 e. The summed E-state index contributed by atoms with van der Waals surface area (Å²) in [6.07, 6.45) is 0. The lowest BCUT2D eigenvalue weighted by atomic mass is 10.2. The molecule has 1 heterocycles. The van der Waals surface area contributed by atoms with Crippen molar-refractivity contribution in [3.63, 3.8) is 0 Å². The van der Waals surface area contributed by atoms with Crippen molar-refractivity contribution in [2.24, 2.45) is 10.8 Å². The highest BCUT2D eigenvalue weighted by atomic mass is 32.1. The standard InChI is InChI=1S/C13H10N4OS/c14-13(18)17-16-8-5-6-10-12(7-8)19-11-4-2-1-3-9(11)15-10/h1-7H,(H3,14,17,18)/b16-8-. The van der Waals surface area contributed by atoms with Crippen molar-refractivity contribution in [1.29, 1.82) is 0 Å². The van der Waals surface area contributed by atoms with Gasteiger partial charge in [-0.2, -0.15) is 5.10 Å². The molecule has 1 aromatic rings. The van der Waals surface area contributed by atoms with Gasteiger partial charge in [-0.05, 0) is 30.3 Å². The molecule has 0 saturated carbocycles. The molecule has 0 radical (unpaired) electrons. The molecule has 2 aliphatic rings. The molecular formula is C13H10N4OS. The van der Waals surface area contributed by atoms with Crippen molar-refractivity contribution in [3.05, 3.63) is 47.8 Å². The number of benzene rings is 2. The van der Waals surface area contributed by atoms with E-state index in [1.165, 1.54) is 0 Å². The van der Waals surface area contributed by atoms with Crippen molar-refractivity contribution in [2.75, 3.05) is 0 Å². The van der Waals surface area contributed by atoms with Crippen LogP contribution < -0.4 is 16.5 Å². The van der Waals surface area contributed by atoms with E-state index in [4.69, 9.17) is 5.73 Å². The van der Waals surface area contributed by atoms with Gasteiger partial charge in [-0.25, -0.2) is 15.2 Å². The number of carbonyl (C=O) groups is 1. The van der Waals surface area contributed by atoms with E-state index < -0.39 is 6.03 Å². The molecule has 0 bridgehead atoms. The lowest BCUT2D eigenvalue weighted by Crippen LogP contribution is -2.26. The van der Waals surface area contributed by atoms with Gasteiger partial charge in [-0.15, -0.1) is 11.3 Å². The number of urea groups is 1. The fourth-order valence-electron chi connectivity index (χ4n) is 1.75. The van der Waals surface area contributed by atoms with Crippen molar-refractivity contribution in [2.45, 2.75) is 0 Å². The molecule has 1 aromatic carbocycles. The minimum absolute atomic E-state index is 0.639. The number of nitrogens with two attached hydrogens (primary N) is 1. The van der Waals surface area contributed by atoms with E-state index in [9.17, 15) is 4.79 Å². The van der Waals surface area contributed by atoms with Crippen LogP contribution in [0, 0.1) is 0 Å². The highest BCUT2D eigenvalue weighted by Crippen LogP contribution is 2.28. The van der Waals surface area contributed by atoms with Gasteiger partial charge in [0.05, 0.1) is 26.1 Å². The first kappa shape index (κ1) is 11.6. The smallest absolute Gasteiger partial charge is 0.332 e. The molecule has 3 rings (SSSR count). The molecule has 1 aliphatic heterocycles. The summed E-state index contributed by atoms with van der Waals surface area (Å²) in [4.78, 5) is 16.2. The van der Waals surface area contributed by atoms with Gasteiger partial charge in [-0.1, -0.05) is 12.1 Å². The molecule has 0 fully saturated rings. The van der Waals surface area contributed by atoms with Gasteiger partial charge >= 0.3 is 6.03 Å². The van der Waals surface area contributed by atoms with E-state index in [-0.39, 0.29) is 0 Å². The molecule has 0 aromatic heterocycles. The third-order valence-corrected chi connectivity index (χ3v) is 3.68. The zero-order valence-corrected chi connectivity index (χ0v) is 10.6. The SMILES string of the molecule is NC(=O)N/N=c1/ccc2nc3ccccc3sc-2c1. The highest BCUT2D eigenvalue weighted by Gasteiger charge is 2.06. The van der Waals surface area contributed by atoms with E-state index >= 15 is 0 Å². The summed E-state index contributed by atoms with van der Waals surface area (Å²) in [7, 11) is 0. The van der Waals surface area contributed by atoms with Crippen LogP contribution in [0.25, 0.3) is 20.8 Å². The minimum atomic E-state index is -0.680. The molecule has 3 N–H and O–H groups in total. The van der Waals surface area contributed by atoms with Crippen LogP contribution in [0.1, 0.15) is 0 Å². The molecule has 19 heavy (non-hydrogen) atoms. The second-order valence-corrected chi connectivity index (χ2v) is 5.01. The number of hydrogen-bond donors (Lipinski definition) is 2. The Morgan fingerprint density at radius 3 is 2.95 bits per heavy atom. The molecule has 94 valence electrons. The predicted octanol–water partition coefficient (Wildman–Crippen LogP) is 1.89. The third-order valence-electron chi connectivity index (χ3n) is 2.56. The fraction of sp³-hybridized carbons (Fsp3) is 0. The van der Waals surface area contributed by atoms with Gasteiger partial charge in [0.1, 0.15) is 0 Å². The zero-order chi connectivity index (χ0) is 13.2. The van der Waals surface area contributed by atoms with E-state index in [0.29, 0.717) is 5.36 Å². The lowest BCUT2D eigenvalue weighted by molar-refractivity contribution is 0.249. The summed E-state index contributed by atoms with van der Waals surface area (Å²) >= 11 is 1.63. The molecule has 6 heteroatoms. The Morgan fingerprint density at radius 1 is 1.26 bits per heavy atom. The Morgan fingerprint density at radius 2 is 2.11 bits per heavy atom.